The Bertz CT molecular complexity index is 445. The molecule has 0 aromatic heterocycles. The Balaban J connectivity index is 2.49. The molecule has 98 valence electrons. The van der Waals surface area contributed by atoms with E-state index >= 15 is 0 Å². The van der Waals surface area contributed by atoms with Gasteiger partial charge in [0.05, 0.1) is 0 Å². The van der Waals surface area contributed by atoms with Crippen molar-refractivity contribution in [3.63, 3.8) is 0 Å². The molecule has 1 aromatic carbocycles. The van der Waals surface area contributed by atoms with Gasteiger partial charge in [-0.3, -0.25) is 4.79 Å². The molecule has 2 rings (SSSR count). The van der Waals surface area contributed by atoms with Gasteiger partial charge in [0.1, 0.15) is 0 Å². The van der Waals surface area contributed by atoms with Crippen LogP contribution >= 0.6 is 0 Å². The Morgan fingerprint density at radius 3 is 2.44 bits per heavy atom. The first-order valence-corrected chi connectivity index (χ1v) is 7.09. The number of carbonyl (C=O) groups excluding carboxylic acids is 1. The van der Waals surface area contributed by atoms with Gasteiger partial charge in [0.2, 0.25) is 0 Å². The number of hydrogen-bond donors (Lipinski definition) is 0. The van der Waals surface area contributed by atoms with Crippen LogP contribution in [0.5, 0.6) is 0 Å². The SMILES string of the molecule is CCC(=O)c1ccc(CC)c(N2CCCC2)c1C. The summed E-state index contributed by atoms with van der Waals surface area (Å²) in [4.78, 5) is 14.4. The topological polar surface area (TPSA) is 20.3 Å². The molecule has 0 amide bonds. The summed E-state index contributed by atoms with van der Waals surface area (Å²) in [6.07, 6.45) is 4.17. The standard InChI is InChI=1S/C16H23NO/c1-4-13-8-9-14(15(18)5-2)12(3)16(13)17-10-6-7-11-17/h8-9H,4-7,10-11H2,1-3H3. The lowest BCUT2D eigenvalue weighted by molar-refractivity contribution is 0.0987. The minimum Gasteiger partial charge on any atom is -0.371 e. The van der Waals surface area contributed by atoms with Crippen molar-refractivity contribution in [2.45, 2.75) is 46.5 Å². The summed E-state index contributed by atoms with van der Waals surface area (Å²) < 4.78 is 0. The van der Waals surface area contributed by atoms with Crippen molar-refractivity contribution in [2.24, 2.45) is 0 Å². The number of anilines is 1. The van der Waals surface area contributed by atoms with Gasteiger partial charge in [-0.1, -0.05) is 26.0 Å². The molecule has 0 aliphatic carbocycles. The van der Waals surface area contributed by atoms with Crippen LogP contribution in [0.4, 0.5) is 5.69 Å². The minimum atomic E-state index is 0.260. The highest BCUT2D eigenvalue weighted by atomic mass is 16.1. The molecule has 0 bridgehead atoms. The van der Waals surface area contributed by atoms with E-state index in [-0.39, 0.29) is 5.78 Å². The second-order valence-electron chi connectivity index (χ2n) is 5.07. The molecule has 2 nitrogen and oxygen atoms in total. The van der Waals surface area contributed by atoms with Gasteiger partial charge >= 0.3 is 0 Å². The largest absolute Gasteiger partial charge is 0.371 e. The number of rotatable bonds is 4. The van der Waals surface area contributed by atoms with E-state index in [1.54, 1.807) is 0 Å². The maximum Gasteiger partial charge on any atom is 0.162 e. The van der Waals surface area contributed by atoms with Crippen LogP contribution in [0.15, 0.2) is 12.1 Å². The molecule has 1 aliphatic heterocycles. The Hall–Kier alpha value is -1.31. The normalized spacial score (nSPS) is 15.2. The summed E-state index contributed by atoms with van der Waals surface area (Å²) in [6, 6.07) is 4.16. The molecule has 1 aromatic rings. The van der Waals surface area contributed by atoms with Crippen molar-refractivity contribution in [3.05, 3.63) is 28.8 Å². The van der Waals surface area contributed by atoms with Crippen LogP contribution < -0.4 is 4.90 Å². The summed E-state index contributed by atoms with van der Waals surface area (Å²) in [6.45, 7) is 8.51. The lowest BCUT2D eigenvalue weighted by atomic mass is 9.96. The summed E-state index contributed by atoms with van der Waals surface area (Å²) >= 11 is 0. The van der Waals surface area contributed by atoms with Gasteiger partial charge in [-0.15, -0.1) is 0 Å². The monoisotopic (exact) mass is 245 g/mol. The average molecular weight is 245 g/mol. The number of ketones is 1. The van der Waals surface area contributed by atoms with Crippen LogP contribution in [-0.4, -0.2) is 18.9 Å². The molecular formula is C16H23NO. The Labute approximate surface area is 110 Å². The fourth-order valence-corrected chi connectivity index (χ4v) is 2.92. The minimum absolute atomic E-state index is 0.260. The Morgan fingerprint density at radius 2 is 1.89 bits per heavy atom. The lowest BCUT2D eigenvalue weighted by Gasteiger charge is -2.25. The van der Waals surface area contributed by atoms with Crippen LogP contribution in [0.25, 0.3) is 0 Å². The molecule has 1 heterocycles. The maximum absolute atomic E-state index is 12.0. The third-order valence-electron chi connectivity index (χ3n) is 3.94. The zero-order chi connectivity index (χ0) is 13.1. The number of hydrogen-bond acceptors (Lipinski definition) is 2. The first-order chi connectivity index (χ1) is 8.69. The fourth-order valence-electron chi connectivity index (χ4n) is 2.92. The van der Waals surface area contributed by atoms with Crippen molar-refractivity contribution in [3.8, 4) is 0 Å². The van der Waals surface area contributed by atoms with Crippen molar-refractivity contribution < 1.29 is 4.79 Å². The molecule has 0 atom stereocenters. The van der Waals surface area contributed by atoms with Gasteiger partial charge < -0.3 is 4.90 Å². The highest BCUT2D eigenvalue weighted by Crippen LogP contribution is 2.31. The average Bonchev–Trinajstić information content (AvgIpc) is 2.90. The van der Waals surface area contributed by atoms with Crippen LogP contribution in [-0.2, 0) is 6.42 Å². The Morgan fingerprint density at radius 1 is 1.22 bits per heavy atom. The lowest BCUT2D eigenvalue weighted by Crippen LogP contribution is -2.21. The molecule has 0 N–H and O–H groups in total. The van der Waals surface area contributed by atoms with E-state index in [9.17, 15) is 4.79 Å². The summed E-state index contributed by atoms with van der Waals surface area (Å²) in [7, 11) is 0. The molecule has 1 aliphatic rings. The summed E-state index contributed by atoms with van der Waals surface area (Å²) in [5, 5.41) is 0. The maximum atomic E-state index is 12.0. The van der Waals surface area contributed by atoms with Crippen LogP contribution in [0.1, 0.15) is 54.6 Å². The van der Waals surface area contributed by atoms with Gasteiger partial charge in [-0.25, -0.2) is 0 Å². The molecule has 0 unspecified atom stereocenters. The molecular weight excluding hydrogens is 222 g/mol. The summed E-state index contributed by atoms with van der Waals surface area (Å²) in [5.74, 6) is 0.260. The molecule has 0 radical (unpaired) electrons. The zero-order valence-electron chi connectivity index (χ0n) is 11.8. The van der Waals surface area contributed by atoms with Crippen molar-refractivity contribution >= 4 is 11.5 Å². The smallest absolute Gasteiger partial charge is 0.162 e. The number of Topliss-reactive ketones (excluding diaryl/α,β-unsaturated/α-hetero) is 1. The fraction of sp³-hybridized carbons (Fsp3) is 0.562. The van der Waals surface area contributed by atoms with E-state index < -0.39 is 0 Å². The van der Waals surface area contributed by atoms with E-state index in [0.29, 0.717) is 6.42 Å². The van der Waals surface area contributed by atoms with Gasteiger partial charge in [-0.05, 0) is 37.3 Å². The first-order valence-electron chi connectivity index (χ1n) is 7.09. The van der Waals surface area contributed by atoms with E-state index in [1.807, 2.05) is 13.0 Å². The molecule has 1 saturated heterocycles. The molecule has 18 heavy (non-hydrogen) atoms. The third kappa shape index (κ3) is 2.29. The number of nitrogens with zero attached hydrogens (tertiary/aromatic N) is 1. The van der Waals surface area contributed by atoms with E-state index in [0.717, 1.165) is 25.1 Å². The van der Waals surface area contributed by atoms with Crippen molar-refractivity contribution in [1.82, 2.24) is 0 Å². The predicted molar refractivity (Wildman–Crippen MR) is 76.6 cm³/mol. The highest BCUT2D eigenvalue weighted by Gasteiger charge is 2.20. The summed E-state index contributed by atoms with van der Waals surface area (Å²) in [5.41, 5.74) is 4.80. The van der Waals surface area contributed by atoms with Crippen LogP contribution in [0.3, 0.4) is 0 Å². The van der Waals surface area contributed by atoms with Gasteiger partial charge in [0.15, 0.2) is 5.78 Å². The molecule has 0 spiro atoms. The van der Waals surface area contributed by atoms with Gasteiger partial charge in [0.25, 0.3) is 0 Å². The number of carbonyl (C=O) groups is 1. The van der Waals surface area contributed by atoms with Gasteiger partial charge in [0, 0.05) is 30.8 Å². The predicted octanol–water partition coefficient (Wildman–Crippen LogP) is 3.75. The third-order valence-corrected chi connectivity index (χ3v) is 3.94. The quantitative estimate of drug-likeness (QED) is 0.753. The first kappa shape index (κ1) is 13.1. The van der Waals surface area contributed by atoms with E-state index in [4.69, 9.17) is 0 Å². The molecule has 0 saturated carbocycles. The zero-order valence-corrected chi connectivity index (χ0v) is 11.8. The van der Waals surface area contributed by atoms with Crippen LogP contribution in [0.2, 0.25) is 0 Å². The van der Waals surface area contributed by atoms with E-state index in [1.165, 1.54) is 29.7 Å². The molecule has 2 heteroatoms. The van der Waals surface area contributed by atoms with Crippen molar-refractivity contribution in [2.75, 3.05) is 18.0 Å². The van der Waals surface area contributed by atoms with Crippen LogP contribution in [0, 0.1) is 6.92 Å². The Kier molecular flexibility index (Phi) is 4.05. The van der Waals surface area contributed by atoms with Gasteiger partial charge in [-0.2, -0.15) is 0 Å². The number of benzene rings is 1. The second-order valence-corrected chi connectivity index (χ2v) is 5.07. The van der Waals surface area contributed by atoms with E-state index in [2.05, 4.69) is 24.8 Å². The highest BCUT2D eigenvalue weighted by molar-refractivity contribution is 5.98. The molecule has 1 fully saturated rings. The number of aryl methyl sites for hydroxylation is 1. The van der Waals surface area contributed by atoms with Crippen molar-refractivity contribution in [1.29, 1.82) is 0 Å². The second kappa shape index (κ2) is 5.55.